The molecule has 0 bridgehead atoms. The van der Waals surface area contributed by atoms with Crippen LogP contribution in [0.25, 0.3) is 0 Å². The van der Waals surface area contributed by atoms with Crippen LogP contribution in [0.1, 0.15) is 32.6 Å². The zero-order chi connectivity index (χ0) is 6.91. The second kappa shape index (κ2) is 2.67. The van der Waals surface area contributed by atoms with E-state index in [1.54, 1.807) is 0 Å². The van der Waals surface area contributed by atoms with Crippen molar-refractivity contribution in [1.29, 1.82) is 0 Å². The SMILES string of the molecule is CCCCC1CC1(Cl)Cl. The lowest BCUT2D eigenvalue weighted by molar-refractivity contribution is 0.649. The van der Waals surface area contributed by atoms with Crippen LogP contribution in [-0.2, 0) is 0 Å². The summed E-state index contributed by atoms with van der Waals surface area (Å²) in [5.74, 6) is 0.598. The highest BCUT2D eigenvalue weighted by molar-refractivity contribution is 6.50. The molecule has 9 heavy (non-hydrogen) atoms. The van der Waals surface area contributed by atoms with Crippen LogP contribution in [0.15, 0.2) is 0 Å². The highest BCUT2D eigenvalue weighted by Gasteiger charge is 2.50. The largest absolute Gasteiger partial charge is 0.121 e. The summed E-state index contributed by atoms with van der Waals surface area (Å²) in [6.07, 6.45) is 4.74. The third-order valence-corrected chi connectivity index (χ3v) is 2.79. The van der Waals surface area contributed by atoms with E-state index < -0.39 is 0 Å². The molecule has 0 N–H and O–H groups in total. The van der Waals surface area contributed by atoms with Crippen molar-refractivity contribution < 1.29 is 0 Å². The van der Waals surface area contributed by atoms with E-state index in [4.69, 9.17) is 23.2 Å². The Bertz CT molecular complexity index is 99.1. The lowest BCUT2D eigenvalue weighted by Crippen LogP contribution is -1.88. The van der Waals surface area contributed by atoms with E-state index in [-0.39, 0.29) is 4.33 Å². The number of hydrogen-bond acceptors (Lipinski definition) is 0. The summed E-state index contributed by atoms with van der Waals surface area (Å²) in [6.45, 7) is 2.19. The van der Waals surface area contributed by atoms with Gasteiger partial charge in [-0.1, -0.05) is 19.8 Å². The molecule has 54 valence electrons. The Morgan fingerprint density at radius 2 is 2.11 bits per heavy atom. The first-order valence-electron chi connectivity index (χ1n) is 3.54. The lowest BCUT2D eigenvalue weighted by atomic mass is 10.2. The highest BCUT2D eigenvalue weighted by Crippen LogP contribution is 2.55. The zero-order valence-corrected chi connectivity index (χ0v) is 7.17. The van der Waals surface area contributed by atoms with Crippen molar-refractivity contribution in [1.82, 2.24) is 0 Å². The van der Waals surface area contributed by atoms with Gasteiger partial charge in [0.2, 0.25) is 0 Å². The molecule has 1 saturated carbocycles. The number of unbranched alkanes of at least 4 members (excludes halogenated alkanes) is 1. The normalized spacial score (nSPS) is 30.3. The molecule has 0 aromatic heterocycles. The van der Waals surface area contributed by atoms with Crippen molar-refractivity contribution in [2.75, 3.05) is 0 Å². The van der Waals surface area contributed by atoms with Crippen LogP contribution in [0.3, 0.4) is 0 Å². The Labute approximate surface area is 66.5 Å². The molecule has 0 aliphatic heterocycles. The van der Waals surface area contributed by atoms with Crippen LogP contribution < -0.4 is 0 Å². The van der Waals surface area contributed by atoms with Crippen LogP contribution in [0.5, 0.6) is 0 Å². The van der Waals surface area contributed by atoms with Gasteiger partial charge in [0, 0.05) is 0 Å². The van der Waals surface area contributed by atoms with Crippen molar-refractivity contribution in [3.8, 4) is 0 Å². The van der Waals surface area contributed by atoms with Gasteiger partial charge in [0.15, 0.2) is 0 Å². The zero-order valence-electron chi connectivity index (χ0n) is 5.66. The minimum absolute atomic E-state index is 0.338. The molecule has 0 radical (unpaired) electrons. The molecule has 0 amide bonds. The molecular weight excluding hydrogens is 155 g/mol. The molecule has 0 saturated heterocycles. The quantitative estimate of drug-likeness (QED) is 0.565. The van der Waals surface area contributed by atoms with Crippen LogP contribution in [0.4, 0.5) is 0 Å². The van der Waals surface area contributed by atoms with E-state index in [0.29, 0.717) is 5.92 Å². The smallest absolute Gasteiger partial charge is 0.101 e. The van der Waals surface area contributed by atoms with Gasteiger partial charge in [-0.25, -0.2) is 0 Å². The summed E-state index contributed by atoms with van der Waals surface area (Å²) >= 11 is 11.6. The van der Waals surface area contributed by atoms with Gasteiger partial charge in [-0.2, -0.15) is 0 Å². The fourth-order valence-corrected chi connectivity index (χ4v) is 1.62. The van der Waals surface area contributed by atoms with Crippen molar-refractivity contribution >= 4 is 23.2 Å². The van der Waals surface area contributed by atoms with Crippen LogP contribution >= 0.6 is 23.2 Å². The first kappa shape index (κ1) is 7.68. The molecule has 0 spiro atoms. The third kappa shape index (κ3) is 2.01. The van der Waals surface area contributed by atoms with Gasteiger partial charge >= 0.3 is 0 Å². The summed E-state index contributed by atoms with van der Waals surface area (Å²) in [5.41, 5.74) is 0. The molecule has 0 nitrogen and oxygen atoms in total. The maximum Gasteiger partial charge on any atom is 0.121 e. The van der Waals surface area contributed by atoms with Gasteiger partial charge in [0.1, 0.15) is 4.33 Å². The standard InChI is InChI=1S/C7H12Cl2/c1-2-3-4-6-5-7(6,8)9/h6H,2-5H2,1H3. The van der Waals surface area contributed by atoms with E-state index in [0.717, 1.165) is 6.42 Å². The molecule has 2 heteroatoms. The van der Waals surface area contributed by atoms with E-state index in [9.17, 15) is 0 Å². The van der Waals surface area contributed by atoms with Crippen molar-refractivity contribution in [3.63, 3.8) is 0 Å². The molecule has 1 fully saturated rings. The fourth-order valence-electron chi connectivity index (χ4n) is 1.03. The maximum atomic E-state index is 5.81. The third-order valence-electron chi connectivity index (χ3n) is 1.86. The summed E-state index contributed by atoms with van der Waals surface area (Å²) in [4.78, 5) is 0. The number of rotatable bonds is 3. The van der Waals surface area contributed by atoms with Crippen LogP contribution in [0.2, 0.25) is 0 Å². The number of halogens is 2. The monoisotopic (exact) mass is 166 g/mol. The Morgan fingerprint density at radius 3 is 2.44 bits per heavy atom. The predicted octanol–water partition coefficient (Wildman–Crippen LogP) is 3.37. The predicted molar refractivity (Wildman–Crippen MR) is 42.1 cm³/mol. The number of hydrogen-bond donors (Lipinski definition) is 0. The molecular formula is C7H12Cl2. The molecule has 0 aromatic rings. The summed E-state index contributed by atoms with van der Waals surface area (Å²) in [7, 11) is 0. The highest BCUT2D eigenvalue weighted by atomic mass is 35.5. The van der Waals surface area contributed by atoms with Crippen molar-refractivity contribution in [3.05, 3.63) is 0 Å². The Morgan fingerprint density at radius 1 is 1.56 bits per heavy atom. The second-order valence-electron chi connectivity index (χ2n) is 2.80. The first-order chi connectivity index (χ1) is 4.17. The van der Waals surface area contributed by atoms with Crippen LogP contribution in [0, 0.1) is 5.92 Å². The number of alkyl halides is 2. The topological polar surface area (TPSA) is 0 Å². The maximum absolute atomic E-state index is 5.81. The molecule has 1 aliphatic carbocycles. The lowest BCUT2D eigenvalue weighted by Gasteiger charge is -1.95. The Balaban J connectivity index is 2.06. The Kier molecular flexibility index (Phi) is 2.28. The van der Waals surface area contributed by atoms with Crippen molar-refractivity contribution in [2.45, 2.75) is 36.9 Å². The molecule has 0 aromatic carbocycles. The average molecular weight is 167 g/mol. The van der Waals surface area contributed by atoms with E-state index in [2.05, 4.69) is 6.92 Å². The Hall–Kier alpha value is 0.580. The fraction of sp³-hybridized carbons (Fsp3) is 1.00. The van der Waals surface area contributed by atoms with Gasteiger partial charge in [-0.05, 0) is 18.8 Å². The van der Waals surface area contributed by atoms with Gasteiger partial charge in [0.05, 0.1) is 0 Å². The molecule has 1 aliphatic rings. The first-order valence-corrected chi connectivity index (χ1v) is 4.30. The van der Waals surface area contributed by atoms with Gasteiger partial charge in [-0.15, -0.1) is 23.2 Å². The molecule has 1 atom stereocenters. The summed E-state index contributed by atoms with van der Waals surface area (Å²) in [5, 5.41) is 0. The molecule has 1 unspecified atom stereocenters. The minimum atomic E-state index is -0.338. The van der Waals surface area contributed by atoms with E-state index >= 15 is 0 Å². The second-order valence-corrected chi connectivity index (χ2v) is 4.35. The van der Waals surface area contributed by atoms with Gasteiger partial charge in [-0.3, -0.25) is 0 Å². The molecule has 0 heterocycles. The van der Waals surface area contributed by atoms with Gasteiger partial charge in [0.25, 0.3) is 0 Å². The minimum Gasteiger partial charge on any atom is -0.101 e. The van der Waals surface area contributed by atoms with Crippen molar-refractivity contribution in [2.24, 2.45) is 5.92 Å². The van der Waals surface area contributed by atoms with Crippen LogP contribution in [-0.4, -0.2) is 4.33 Å². The molecule has 1 rings (SSSR count). The van der Waals surface area contributed by atoms with E-state index in [1.165, 1.54) is 19.3 Å². The summed E-state index contributed by atoms with van der Waals surface area (Å²) in [6, 6.07) is 0. The van der Waals surface area contributed by atoms with Gasteiger partial charge < -0.3 is 0 Å². The van der Waals surface area contributed by atoms with E-state index in [1.807, 2.05) is 0 Å². The summed E-state index contributed by atoms with van der Waals surface area (Å²) < 4.78 is -0.338. The average Bonchev–Trinajstić information content (AvgIpc) is 2.35.